The van der Waals surface area contributed by atoms with Crippen LogP contribution in [-0.2, 0) is 18.4 Å². The van der Waals surface area contributed by atoms with Gasteiger partial charge in [-0.05, 0) is 35.4 Å². The quantitative estimate of drug-likeness (QED) is 0.369. The van der Waals surface area contributed by atoms with Gasteiger partial charge in [0.1, 0.15) is 18.7 Å². The molecule has 3 aromatic rings. The second kappa shape index (κ2) is 9.54. The lowest BCUT2D eigenvalue weighted by Gasteiger charge is -2.06. The molecule has 1 N–H and O–H groups in total. The molecule has 1 aromatic heterocycles. The first kappa shape index (κ1) is 18.7. The zero-order valence-electron chi connectivity index (χ0n) is 14.8. The number of hydrazone groups is 1. The molecule has 7 nitrogen and oxygen atoms in total. The third-order valence-electron chi connectivity index (χ3n) is 3.53. The molecule has 0 radical (unpaired) electrons. The molecule has 2 aromatic carbocycles. The van der Waals surface area contributed by atoms with Crippen LogP contribution in [0.4, 0.5) is 0 Å². The largest absolute Gasteiger partial charge is 0.489 e. The second-order valence-corrected chi connectivity index (χ2v) is 6.59. The van der Waals surface area contributed by atoms with E-state index in [9.17, 15) is 4.79 Å². The minimum absolute atomic E-state index is 0.206. The summed E-state index contributed by atoms with van der Waals surface area (Å²) < 4.78 is 7.49. The van der Waals surface area contributed by atoms with Gasteiger partial charge in [-0.25, -0.2) is 5.43 Å². The number of aromatic nitrogens is 3. The number of thioether (sulfide) groups is 1. The molecule has 0 atom stereocenters. The molecule has 1 heterocycles. The van der Waals surface area contributed by atoms with E-state index in [0.29, 0.717) is 11.8 Å². The molecular weight excluding hydrogens is 362 g/mol. The van der Waals surface area contributed by atoms with Gasteiger partial charge in [-0.2, -0.15) is 5.10 Å². The molecule has 138 valence electrons. The molecular formula is C19H19N5O2S. The summed E-state index contributed by atoms with van der Waals surface area (Å²) in [6.07, 6.45) is 3.18. The Balaban J connectivity index is 1.42. The molecule has 1 amide bonds. The number of hydrogen-bond acceptors (Lipinski definition) is 6. The van der Waals surface area contributed by atoms with Crippen LogP contribution in [0.2, 0.25) is 0 Å². The van der Waals surface area contributed by atoms with Gasteiger partial charge in [0.15, 0.2) is 5.16 Å². The summed E-state index contributed by atoms with van der Waals surface area (Å²) in [4.78, 5) is 11.8. The number of nitrogens with zero attached hydrogens (tertiary/aromatic N) is 4. The minimum atomic E-state index is -0.206. The minimum Gasteiger partial charge on any atom is -0.489 e. The van der Waals surface area contributed by atoms with Crippen molar-refractivity contribution in [3.05, 3.63) is 72.1 Å². The smallest absolute Gasteiger partial charge is 0.250 e. The molecule has 0 aliphatic rings. The third kappa shape index (κ3) is 5.96. The summed E-state index contributed by atoms with van der Waals surface area (Å²) >= 11 is 1.30. The Morgan fingerprint density at radius 2 is 2.00 bits per heavy atom. The van der Waals surface area contributed by atoms with E-state index in [2.05, 4.69) is 20.7 Å². The van der Waals surface area contributed by atoms with Crippen LogP contribution in [0.1, 0.15) is 11.1 Å². The Morgan fingerprint density at radius 3 is 2.70 bits per heavy atom. The van der Waals surface area contributed by atoms with E-state index in [1.54, 1.807) is 17.1 Å². The van der Waals surface area contributed by atoms with Crippen LogP contribution < -0.4 is 10.2 Å². The summed E-state index contributed by atoms with van der Waals surface area (Å²) in [6.45, 7) is 0.521. The monoisotopic (exact) mass is 381 g/mol. The van der Waals surface area contributed by atoms with Crippen LogP contribution in [-0.4, -0.2) is 32.6 Å². The van der Waals surface area contributed by atoms with Crippen molar-refractivity contribution < 1.29 is 9.53 Å². The van der Waals surface area contributed by atoms with Crippen molar-refractivity contribution in [2.75, 3.05) is 5.75 Å². The Bertz CT molecular complexity index is 894. The van der Waals surface area contributed by atoms with Gasteiger partial charge in [0.05, 0.1) is 12.0 Å². The highest BCUT2D eigenvalue weighted by molar-refractivity contribution is 7.99. The topological polar surface area (TPSA) is 81.4 Å². The van der Waals surface area contributed by atoms with E-state index in [0.717, 1.165) is 16.9 Å². The number of nitrogens with one attached hydrogen (secondary N) is 1. The summed E-state index contributed by atoms with van der Waals surface area (Å²) in [6, 6.07) is 17.5. The number of carbonyl (C=O) groups excluding carboxylic acids is 1. The van der Waals surface area contributed by atoms with Gasteiger partial charge in [-0.1, -0.05) is 42.1 Å². The predicted molar refractivity (Wildman–Crippen MR) is 105 cm³/mol. The van der Waals surface area contributed by atoms with Crippen molar-refractivity contribution in [2.45, 2.75) is 11.8 Å². The second-order valence-electron chi connectivity index (χ2n) is 5.65. The summed E-state index contributed by atoms with van der Waals surface area (Å²) in [5.41, 5.74) is 4.48. The highest BCUT2D eigenvalue weighted by Crippen LogP contribution is 2.14. The van der Waals surface area contributed by atoms with Crippen molar-refractivity contribution in [3.63, 3.8) is 0 Å². The maximum atomic E-state index is 11.8. The normalized spacial score (nSPS) is 10.9. The number of aryl methyl sites for hydroxylation is 1. The average Bonchev–Trinajstić information content (AvgIpc) is 3.11. The van der Waals surface area contributed by atoms with Gasteiger partial charge in [-0.15, -0.1) is 10.2 Å². The molecule has 0 saturated heterocycles. The van der Waals surface area contributed by atoms with Crippen molar-refractivity contribution in [1.29, 1.82) is 0 Å². The van der Waals surface area contributed by atoms with Crippen molar-refractivity contribution >= 4 is 23.9 Å². The summed E-state index contributed by atoms with van der Waals surface area (Å²) in [5.74, 6) is 0.790. The molecule has 8 heteroatoms. The van der Waals surface area contributed by atoms with Gasteiger partial charge in [-0.3, -0.25) is 4.79 Å². The molecule has 0 unspecified atom stereocenters. The lowest BCUT2D eigenvalue weighted by molar-refractivity contribution is -0.118. The lowest BCUT2D eigenvalue weighted by Crippen LogP contribution is -2.19. The molecule has 0 aliphatic heterocycles. The van der Waals surface area contributed by atoms with Gasteiger partial charge in [0.2, 0.25) is 0 Å². The van der Waals surface area contributed by atoms with Crippen LogP contribution in [0.15, 0.2) is 71.2 Å². The van der Waals surface area contributed by atoms with Gasteiger partial charge >= 0.3 is 0 Å². The van der Waals surface area contributed by atoms with Gasteiger partial charge in [0.25, 0.3) is 5.91 Å². The Hall–Kier alpha value is -3.13. The number of benzene rings is 2. The van der Waals surface area contributed by atoms with E-state index in [1.165, 1.54) is 11.8 Å². The number of carbonyl (C=O) groups is 1. The van der Waals surface area contributed by atoms with E-state index in [-0.39, 0.29) is 11.7 Å². The molecule has 0 spiro atoms. The zero-order valence-corrected chi connectivity index (χ0v) is 15.6. The Labute approximate surface area is 161 Å². The fourth-order valence-corrected chi connectivity index (χ4v) is 2.82. The summed E-state index contributed by atoms with van der Waals surface area (Å²) in [7, 11) is 1.83. The van der Waals surface area contributed by atoms with E-state index < -0.39 is 0 Å². The van der Waals surface area contributed by atoms with E-state index in [4.69, 9.17) is 4.74 Å². The van der Waals surface area contributed by atoms with Gasteiger partial charge < -0.3 is 9.30 Å². The SMILES string of the molecule is Cn1cnnc1SCC(=O)N/N=C\c1ccc(OCc2ccccc2)cc1. The summed E-state index contributed by atoms with van der Waals surface area (Å²) in [5, 5.41) is 12.3. The van der Waals surface area contributed by atoms with Crippen LogP contribution in [0.25, 0.3) is 0 Å². The van der Waals surface area contributed by atoms with Crippen LogP contribution in [0.3, 0.4) is 0 Å². The average molecular weight is 381 g/mol. The molecule has 0 saturated carbocycles. The molecule has 3 rings (SSSR count). The first-order valence-corrected chi connectivity index (χ1v) is 9.25. The highest BCUT2D eigenvalue weighted by Gasteiger charge is 2.05. The zero-order chi connectivity index (χ0) is 18.9. The molecule has 27 heavy (non-hydrogen) atoms. The number of rotatable bonds is 8. The van der Waals surface area contributed by atoms with E-state index in [1.807, 2.05) is 61.6 Å². The first-order valence-electron chi connectivity index (χ1n) is 8.26. The molecule has 0 aliphatic carbocycles. The number of hydrogen-bond donors (Lipinski definition) is 1. The predicted octanol–water partition coefficient (Wildman–Crippen LogP) is 2.64. The maximum absolute atomic E-state index is 11.8. The third-order valence-corrected chi connectivity index (χ3v) is 4.57. The van der Waals surface area contributed by atoms with Crippen molar-refractivity contribution in [1.82, 2.24) is 20.2 Å². The highest BCUT2D eigenvalue weighted by atomic mass is 32.2. The first-order chi connectivity index (χ1) is 13.2. The van der Waals surface area contributed by atoms with E-state index >= 15 is 0 Å². The Kier molecular flexibility index (Phi) is 6.59. The van der Waals surface area contributed by atoms with Crippen LogP contribution in [0.5, 0.6) is 5.75 Å². The number of ether oxygens (including phenoxy) is 1. The van der Waals surface area contributed by atoms with Crippen LogP contribution >= 0.6 is 11.8 Å². The van der Waals surface area contributed by atoms with Crippen LogP contribution in [0, 0.1) is 0 Å². The van der Waals surface area contributed by atoms with Crippen molar-refractivity contribution in [3.8, 4) is 5.75 Å². The Morgan fingerprint density at radius 1 is 1.22 bits per heavy atom. The maximum Gasteiger partial charge on any atom is 0.250 e. The standard InChI is InChI=1S/C19H19N5O2S/c1-24-14-21-23-19(24)27-13-18(25)22-20-11-15-7-9-17(10-8-15)26-12-16-5-3-2-4-6-16/h2-11,14H,12-13H2,1H3,(H,22,25)/b20-11-. The van der Waals surface area contributed by atoms with Crippen molar-refractivity contribution in [2.24, 2.45) is 12.1 Å². The molecule has 0 bridgehead atoms. The fourth-order valence-electron chi connectivity index (χ4n) is 2.14. The lowest BCUT2D eigenvalue weighted by atomic mass is 10.2. The van der Waals surface area contributed by atoms with Gasteiger partial charge in [0, 0.05) is 7.05 Å². The molecule has 0 fully saturated rings. The number of amides is 1. The fraction of sp³-hybridized carbons (Fsp3) is 0.158.